The lowest BCUT2D eigenvalue weighted by molar-refractivity contribution is 0.220. The van der Waals surface area contributed by atoms with E-state index in [4.69, 9.17) is 5.26 Å². The van der Waals surface area contributed by atoms with Gasteiger partial charge in [-0.2, -0.15) is 5.26 Å². The van der Waals surface area contributed by atoms with E-state index in [0.717, 1.165) is 22.0 Å². The second-order valence-electron chi connectivity index (χ2n) is 4.59. The van der Waals surface area contributed by atoms with Crippen molar-refractivity contribution in [1.29, 1.82) is 5.26 Å². The number of nitriles is 1. The summed E-state index contributed by atoms with van der Waals surface area (Å²) >= 11 is 0. The van der Waals surface area contributed by atoms with Crippen LogP contribution in [-0.2, 0) is 0 Å². The van der Waals surface area contributed by atoms with Crippen LogP contribution in [0.2, 0.25) is 0 Å². The average molecular weight is 260 g/mol. The standard InChI is InChI=1S/C17H12N2O/c18-11-12-3-5-13(6-4-12)17(20)15-7-8-16-14(10-15)2-1-9-19-16/h1-10,17,20H. The summed E-state index contributed by atoms with van der Waals surface area (Å²) < 4.78 is 0. The molecule has 0 saturated carbocycles. The van der Waals surface area contributed by atoms with Crippen LogP contribution in [0.3, 0.4) is 0 Å². The Morgan fingerprint density at radius 1 is 1.00 bits per heavy atom. The van der Waals surface area contributed by atoms with E-state index in [9.17, 15) is 5.11 Å². The first-order chi connectivity index (χ1) is 9.78. The third kappa shape index (κ3) is 2.25. The quantitative estimate of drug-likeness (QED) is 0.769. The molecule has 0 fully saturated rings. The maximum Gasteiger partial charge on any atom is 0.104 e. The van der Waals surface area contributed by atoms with E-state index in [1.54, 1.807) is 30.5 Å². The van der Waals surface area contributed by atoms with Crippen LogP contribution in [0.5, 0.6) is 0 Å². The van der Waals surface area contributed by atoms with Crippen LogP contribution >= 0.6 is 0 Å². The van der Waals surface area contributed by atoms with Crippen LogP contribution in [-0.4, -0.2) is 10.1 Å². The normalized spacial score (nSPS) is 12.0. The molecule has 3 aromatic rings. The molecular weight excluding hydrogens is 248 g/mol. The molecule has 0 aliphatic heterocycles. The van der Waals surface area contributed by atoms with Gasteiger partial charge in [0.25, 0.3) is 0 Å². The number of fused-ring (bicyclic) bond motifs is 1. The van der Waals surface area contributed by atoms with Gasteiger partial charge in [0.05, 0.1) is 17.1 Å². The fourth-order valence-electron chi connectivity index (χ4n) is 2.20. The van der Waals surface area contributed by atoms with Gasteiger partial charge in [-0.25, -0.2) is 0 Å². The van der Waals surface area contributed by atoms with Crippen LogP contribution in [0.25, 0.3) is 10.9 Å². The van der Waals surface area contributed by atoms with Gasteiger partial charge in [0.15, 0.2) is 0 Å². The molecule has 1 atom stereocenters. The molecule has 2 aromatic carbocycles. The smallest absolute Gasteiger partial charge is 0.104 e. The molecule has 1 aromatic heterocycles. The van der Waals surface area contributed by atoms with Gasteiger partial charge >= 0.3 is 0 Å². The summed E-state index contributed by atoms with van der Waals surface area (Å²) in [7, 11) is 0. The van der Waals surface area contributed by atoms with E-state index in [1.165, 1.54) is 0 Å². The minimum atomic E-state index is -0.702. The summed E-state index contributed by atoms with van der Waals surface area (Å²) in [4.78, 5) is 4.26. The number of hydrogen-bond acceptors (Lipinski definition) is 3. The van der Waals surface area contributed by atoms with Crippen molar-refractivity contribution in [2.24, 2.45) is 0 Å². The Morgan fingerprint density at radius 3 is 2.50 bits per heavy atom. The van der Waals surface area contributed by atoms with Crippen LogP contribution < -0.4 is 0 Å². The van der Waals surface area contributed by atoms with Crippen LogP contribution in [0.4, 0.5) is 0 Å². The van der Waals surface area contributed by atoms with Crippen molar-refractivity contribution >= 4 is 10.9 Å². The van der Waals surface area contributed by atoms with Crippen molar-refractivity contribution in [3.8, 4) is 6.07 Å². The molecule has 0 aliphatic carbocycles. The van der Waals surface area contributed by atoms with E-state index in [-0.39, 0.29) is 0 Å². The second kappa shape index (κ2) is 5.12. The molecule has 0 saturated heterocycles. The maximum absolute atomic E-state index is 10.4. The minimum Gasteiger partial charge on any atom is -0.384 e. The van der Waals surface area contributed by atoms with Crippen molar-refractivity contribution < 1.29 is 5.11 Å². The summed E-state index contributed by atoms with van der Waals surface area (Å²) in [6, 6.07) is 18.6. The number of rotatable bonds is 2. The molecular formula is C17H12N2O. The Labute approximate surface area is 116 Å². The fraction of sp³-hybridized carbons (Fsp3) is 0.0588. The fourth-order valence-corrected chi connectivity index (χ4v) is 2.20. The molecule has 0 bridgehead atoms. The lowest BCUT2D eigenvalue weighted by Gasteiger charge is -2.12. The number of nitrogens with zero attached hydrogens (tertiary/aromatic N) is 2. The molecule has 3 nitrogen and oxygen atoms in total. The van der Waals surface area contributed by atoms with Gasteiger partial charge in [-0.1, -0.05) is 24.3 Å². The molecule has 1 unspecified atom stereocenters. The molecule has 0 spiro atoms. The predicted molar refractivity (Wildman–Crippen MR) is 77.0 cm³/mol. The van der Waals surface area contributed by atoms with Gasteiger partial charge in [0, 0.05) is 11.6 Å². The largest absolute Gasteiger partial charge is 0.384 e. The van der Waals surface area contributed by atoms with Crippen molar-refractivity contribution in [3.05, 3.63) is 77.5 Å². The number of benzene rings is 2. The van der Waals surface area contributed by atoms with E-state index in [2.05, 4.69) is 11.1 Å². The predicted octanol–water partition coefficient (Wildman–Crippen LogP) is 3.19. The van der Waals surface area contributed by atoms with E-state index in [0.29, 0.717) is 5.56 Å². The Hall–Kier alpha value is -2.70. The van der Waals surface area contributed by atoms with Crippen LogP contribution in [0.1, 0.15) is 22.8 Å². The molecule has 1 heterocycles. The van der Waals surface area contributed by atoms with Crippen LogP contribution in [0.15, 0.2) is 60.8 Å². The molecule has 0 radical (unpaired) electrons. The zero-order valence-electron chi connectivity index (χ0n) is 10.7. The average Bonchev–Trinajstić information content (AvgIpc) is 2.54. The molecule has 96 valence electrons. The summed E-state index contributed by atoms with van der Waals surface area (Å²) in [6.45, 7) is 0. The van der Waals surface area contributed by atoms with E-state index >= 15 is 0 Å². The van der Waals surface area contributed by atoms with Crippen molar-refractivity contribution in [2.75, 3.05) is 0 Å². The number of aliphatic hydroxyl groups excluding tert-OH is 1. The summed E-state index contributed by atoms with van der Waals surface area (Å²) in [5, 5.41) is 20.2. The summed E-state index contributed by atoms with van der Waals surface area (Å²) in [5.41, 5.74) is 3.08. The second-order valence-corrected chi connectivity index (χ2v) is 4.59. The first kappa shape index (κ1) is 12.3. The highest BCUT2D eigenvalue weighted by Gasteiger charge is 2.11. The van der Waals surface area contributed by atoms with Gasteiger partial charge in [0.1, 0.15) is 6.10 Å². The van der Waals surface area contributed by atoms with Gasteiger partial charge in [0.2, 0.25) is 0 Å². The van der Waals surface area contributed by atoms with E-state index in [1.807, 2.05) is 30.3 Å². The van der Waals surface area contributed by atoms with Gasteiger partial charge in [-0.3, -0.25) is 4.98 Å². The van der Waals surface area contributed by atoms with Gasteiger partial charge in [-0.05, 0) is 41.5 Å². The lowest BCUT2D eigenvalue weighted by atomic mass is 9.99. The Morgan fingerprint density at radius 2 is 1.75 bits per heavy atom. The minimum absolute atomic E-state index is 0.587. The topological polar surface area (TPSA) is 56.9 Å². The lowest BCUT2D eigenvalue weighted by Crippen LogP contribution is -1.99. The summed E-state index contributed by atoms with van der Waals surface area (Å²) in [5.74, 6) is 0. The van der Waals surface area contributed by atoms with Crippen molar-refractivity contribution in [1.82, 2.24) is 4.98 Å². The molecule has 3 rings (SSSR count). The summed E-state index contributed by atoms with van der Waals surface area (Å²) in [6.07, 6.45) is 1.05. The monoisotopic (exact) mass is 260 g/mol. The third-order valence-corrected chi connectivity index (χ3v) is 3.30. The number of pyridine rings is 1. The van der Waals surface area contributed by atoms with E-state index < -0.39 is 6.10 Å². The molecule has 0 amide bonds. The van der Waals surface area contributed by atoms with Gasteiger partial charge < -0.3 is 5.11 Å². The van der Waals surface area contributed by atoms with Gasteiger partial charge in [-0.15, -0.1) is 0 Å². The van der Waals surface area contributed by atoms with Crippen molar-refractivity contribution in [3.63, 3.8) is 0 Å². The first-order valence-corrected chi connectivity index (χ1v) is 6.31. The first-order valence-electron chi connectivity index (χ1n) is 6.31. The zero-order chi connectivity index (χ0) is 13.9. The molecule has 0 aliphatic rings. The van der Waals surface area contributed by atoms with Crippen molar-refractivity contribution in [2.45, 2.75) is 6.10 Å². The van der Waals surface area contributed by atoms with Crippen LogP contribution in [0, 0.1) is 11.3 Å². The highest BCUT2D eigenvalue weighted by atomic mass is 16.3. The Kier molecular flexibility index (Phi) is 3.16. The third-order valence-electron chi connectivity index (χ3n) is 3.30. The zero-order valence-corrected chi connectivity index (χ0v) is 10.7. The molecule has 20 heavy (non-hydrogen) atoms. The Balaban J connectivity index is 1.98. The SMILES string of the molecule is N#Cc1ccc(C(O)c2ccc3ncccc3c2)cc1. The number of aliphatic hydroxyl groups is 1. The molecule has 1 N–H and O–H groups in total. The highest BCUT2D eigenvalue weighted by molar-refractivity contribution is 5.79. The highest BCUT2D eigenvalue weighted by Crippen LogP contribution is 2.24. The number of aromatic nitrogens is 1. The maximum atomic E-state index is 10.4. The molecule has 3 heteroatoms. The number of hydrogen-bond donors (Lipinski definition) is 1. The Bertz CT molecular complexity index is 788.